The van der Waals surface area contributed by atoms with Crippen LogP contribution in [0, 0.1) is 17.7 Å². The molecule has 294 valence electrons. The molecule has 8 rings (SSSR count). The summed E-state index contributed by atoms with van der Waals surface area (Å²) in [7, 11) is 1.85. The summed E-state index contributed by atoms with van der Waals surface area (Å²) in [6, 6.07) is 10.5. The zero-order valence-electron chi connectivity index (χ0n) is 32.2. The molecule has 4 aliphatic rings. The number of amides is 2. The normalized spacial score (nSPS) is 23.7. The van der Waals surface area contributed by atoms with Crippen LogP contribution in [-0.4, -0.2) is 117 Å². The summed E-state index contributed by atoms with van der Waals surface area (Å²) in [6.45, 7) is 8.14. The van der Waals surface area contributed by atoms with Crippen LogP contribution in [0.1, 0.15) is 59.3 Å². The van der Waals surface area contributed by atoms with Gasteiger partial charge < -0.3 is 19.3 Å². The van der Waals surface area contributed by atoms with Crippen molar-refractivity contribution in [2.75, 3.05) is 51.3 Å². The third-order valence-corrected chi connectivity index (χ3v) is 11.9. The monoisotopic (exact) mass is 785 g/mol. The molecule has 4 aliphatic heterocycles. The van der Waals surface area contributed by atoms with Crippen LogP contribution in [0.25, 0.3) is 32.9 Å². The van der Waals surface area contributed by atoms with E-state index in [9.17, 15) is 14.0 Å². The first-order valence-electron chi connectivity index (χ1n) is 19.4. The topological polar surface area (TPSA) is 104 Å². The minimum atomic E-state index is -0.934. The van der Waals surface area contributed by atoms with Crippen molar-refractivity contribution in [1.82, 2.24) is 29.7 Å². The Bertz CT molecular complexity index is 2250. The maximum absolute atomic E-state index is 16.9. The molecule has 0 spiro atoms. The lowest BCUT2D eigenvalue weighted by atomic mass is 9.95. The highest BCUT2D eigenvalue weighted by molar-refractivity contribution is 6.36. The first-order chi connectivity index (χ1) is 26.8. The van der Waals surface area contributed by atoms with Crippen molar-refractivity contribution in [1.29, 1.82) is 0 Å². The van der Waals surface area contributed by atoms with E-state index in [-0.39, 0.29) is 35.8 Å². The number of carbonyl (C=O) groups is 2. The fourth-order valence-electron chi connectivity index (χ4n) is 8.78. The van der Waals surface area contributed by atoms with Gasteiger partial charge in [-0.25, -0.2) is 13.6 Å². The van der Waals surface area contributed by atoms with Gasteiger partial charge in [-0.05, 0) is 76.8 Å². The quantitative estimate of drug-likeness (QED) is 0.191. The van der Waals surface area contributed by atoms with Crippen LogP contribution in [0.15, 0.2) is 42.6 Å². The summed E-state index contributed by atoms with van der Waals surface area (Å²) in [6.07, 6.45) is 4.38. The number of halogens is 3. The van der Waals surface area contributed by atoms with Gasteiger partial charge in [0.2, 0.25) is 0 Å². The number of likely N-dealkylation sites (N-methyl/N-ethyl adjacent to an activating group) is 1. The third kappa shape index (κ3) is 7.29. The third-order valence-electron chi connectivity index (χ3n) is 11.5. The van der Waals surface area contributed by atoms with E-state index >= 15 is 4.39 Å². The second-order valence-electron chi connectivity index (χ2n) is 16.4. The predicted octanol–water partition coefficient (Wildman–Crippen LogP) is 7.03. The van der Waals surface area contributed by atoms with Crippen molar-refractivity contribution in [2.24, 2.45) is 0 Å². The number of likely N-dealkylation sites (tertiary alicyclic amines) is 2. The Labute approximate surface area is 330 Å². The fourth-order valence-corrected chi connectivity index (χ4v) is 9.06. The molecule has 4 saturated heterocycles. The number of pyridine rings is 1. The number of hydrogen-bond donors (Lipinski definition) is 0. The van der Waals surface area contributed by atoms with Crippen LogP contribution >= 0.6 is 11.6 Å². The van der Waals surface area contributed by atoms with Gasteiger partial charge in [0.1, 0.15) is 35.4 Å². The number of alkyl halides is 1. The van der Waals surface area contributed by atoms with Crippen molar-refractivity contribution in [3.8, 4) is 29.1 Å². The smallest absolute Gasteiger partial charge is 0.411 e. The van der Waals surface area contributed by atoms with Crippen LogP contribution in [0.5, 0.6) is 6.01 Å². The molecule has 2 amide bonds. The molecule has 11 nitrogen and oxygen atoms in total. The van der Waals surface area contributed by atoms with E-state index in [4.69, 9.17) is 26.1 Å². The molecule has 4 atom stereocenters. The summed E-state index contributed by atoms with van der Waals surface area (Å²) in [5.41, 5.74) is -0.435. The number of nitrogens with zero attached hydrogens (tertiary/aromatic N) is 7. The summed E-state index contributed by atoms with van der Waals surface area (Å²) < 4.78 is 43.4. The van der Waals surface area contributed by atoms with E-state index in [2.05, 4.69) is 26.7 Å². The average Bonchev–Trinajstić information content (AvgIpc) is 3.97. The Morgan fingerprint density at radius 1 is 1.07 bits per heavy atom. The predicted molar refractivity (Wildman–Crippen MR) is 211 cm³/mol. The molecule has 6 heterocycles. The Balaban J connectivity index is 1.08. The Morgan fingerprint density at radius 2 is 1.88 bits per heavy atom. The molecule has 14 heteroatoms. The number of rotatable bonds is 6. The number of anilines is 1. The summed E-state index contributed by atoms with van der Waals surface area (Å²) >= 11 is 6.64. The lowest BCUT2D eigenvalue weighted by Crippen LogP contribution is -2.43. The standard InChI is InChI=1S/C42H46ClF2N7O4/c1-41(2,3)56-40(54)52-19-7-11-28(52)14-15-33(53)50-20-16-29(24-50)49(4)38-31-22-46-36(30-12-5-9-26-10-6-13-32(43)34(26)30)35(45)37(31)47-39(48-38)55-25-42-17-8-18-51(42)23-27(44)21-42/h5-6,9-10,12-13,22,27-29H,7-8,11,16-21,23-25H2,1-4H3/t27-,28?,29-,42+/m1/s1. The highest BCUT2D eigenvalue weighted by atomic mass is 35.5. The van der Waals surface area contributed by atoms with Gasteiger partial charge in [0, 0.05) is 67.9 Å². The van der Waals surface area contributed by atoms with Crippen LogP contribution in [0.3, 0.4) is 0 Å². The molecule has 2 aromatic carbocycles. The van der Waals surface area contributed by atoms with Crippen molar-refractivity contribution < 1.29 is 27.8 Å². The molecule has 1 unspecified atom stereocenters. The molecular formula is C42H46ClF2N7O4. The first kappa shape index (κ1) is 38.1. The lowest BCUT2D eigenvalue weighted by molar-refractivity contribution is -0.124. The fraction of sp³-hybridized carbons (Fsp3) is 0.500. The molecule has 4 aromatic rings. The van der Waals surface area contributed by atoms with Gasteiger partial charge in [-0.2, -0.15) is 9.97 Å². The molecule has 0 saturated carbocycles. The van der Waals surface area contributed by atoms with Crippen molar-refractivity contribution in [3.63, 3.8) is 0 Å². The maximum atomic E-state index is 16.9. The number of aromatic nitrogens is 3. The van der Waals surface area contributed by atoms with E-state index in [0.29, 0.717) is 72.6 Å². The number of ether oxygens (including phenoxy) is 2. The Kier molecular flexibility index (Phi) is 10.2. The number of fused-ring (bicyclic) bond motifs is 3. The van der Waals surface area contributed by atoms with Gasteiger partial charge >= 0.3 is 12.1 Å². The SMILES string of the molecule is CN(c1nc(OC[C@@]23CCCN2C[C@H](F)C3)nc2c(F)c(-c3cccc4cccc(Cl)c34)ncc12)[C@@H]1CCN(C(=O)C#CC2CCCN2C(=O)OC(C)(C)C)C1. The minimum absolute atomic E-state index is 0.0159. The van der Waals surface area contributed by atoms with Crippen LogP contribution in [0.4, 0.5) is 19.4 Å². The summed E-state index contributed by atoms with van der Waals surface area (Å²) in [5, 5.41) is 2.38. The van der Waals surface area contributed by atoms with Crippen molar-refractivity contribution in [3.05, 3.63) is 53.4 Å². The molecule has 2 aromatic heterocycles. The Hall–Kier alpha value is -4.80. The highest BCUT2D eigenvalue weighted by Crippen LogP contribution is 2.41. The summed E-state index contributed by atoms with van der Waals surface area (Å²) in [5.74, 6) is 5.24. The zero-order chi connectivity index (χ0) is 39.4. The zero-order valence-corrected chi connectivity index (χ0v) is 32.9. The van der Waals surface area contributed by atoms with E-state index < -0.39 is 35.3 Å². The van der Waals surface area contributed by atoms with E-state index in [1.54, 1.807) is 28.1 Å². The molecule has 56 heavy (non-hydrogen) atoms. The van der Waals surface area contributed by atoms with Gasteiger partial charge in [0.25, 0.3) is 5.91 Å². The molecule has 0 bridgehead atoms. The van der Waals surface area contributed by atoms with Crippen molar-refractivity contribution in [2.45, 2.75) is 88.7 Å². The van der Waals surface area contributed by atoms with Gasteiger partial charge in [-0.1, -0.05) is 47.9 Å². The highest BCUT2D eigenvalue weighted by Gasteiger charge is 2.49. The van der Waals surface area contributed by atoms with E-state index in [1.807, 2.05) is 57.0 Å². The largest absolute Gasteiger partial charge is 0.461 e. The van der Waals surface area contributed by atoms with Gasteiger partial charge in [0.05, 0.1) is 17.0 Å². The number of hydrogen-bond acceptors (Lipinski definition) is 9. The Morgan fingerprint density at radius 3 is 2.68 bits per heavy atom. The first-order valence-corrected chi connectivity index (χ1v) is 19.8. The molecular weight excluding hydrogens is 740 g/mol. The van der Waals surface area contributed by atoms with E-state index in [0.717, 1.165) is 31.2 Å². The van der Waals surface area contributed by atoms with Gasteiger partial charge in [-0.15, -0.1) is 0 Å². The second kappa shape index (κ2) is 14.9. The van der Waals surface area contributed by atoms with Crippen molar-refractivity contribution >= 4 is 51.1 Å². The molecule has 0 aliphatic carbocycles. The van der Waals surface area contributed by atoms with Crippen LogP contribution in [-0.2, 0) is 9.53 Å². The van der Waals surface area contributed by atoms with Crippen LogP contribution in [0.2, 0.25) is 5.02 Å². The van der Waals surface area contributed by atoms with E-state index in [1.165, 1.54) is 0 Å². The van der Waals surface area contributed by atoms with Crippen LogP contribution < -0.4 is 9.64 Å². The number of carbonyl (C=O) groups excluding carboxylic acids is 2. The van der Waals surface area contributed by atoms with Gasteiger partial charge in [0.15, 0.2) is 5.82 Å². The minimum Gasteiger partial charge on any atom is -0.461 e. The molecule has 0 radical (unpaired) electrons. The number of benzene rings is 2. The summed E-state index contributed by atoms with van der Waals surface area (Å²) in [4.78, 5) is 47.6. The van der Waals surface area contributed by atoms with Gasteiger partial charge in [-0.3, -0.25) is 19.6 Å². The maximum Gasteiger partial charge on any atom is 0.411 e. The lowest BCUT2D eigenvalue weighted by Gasteiger charge is -2.31. The average molecular weight is 786 g/mol. The second-order valence-corrected chi connectivity index (χ2v) is 16.8. The molecule has 0 N–H and O–H groups in total. The molecule has 4 fully saturated rings.